The van der Waals surface area contributed by atoms with Gasteiger partial charge in [0, 0.05) is 32.2 Å². The fraction of sp³-hybridized carbons (Fsp3) is 0.600. The van der Waals surface area contributed by atoms with E-state index in [1.165, 1.54) is 5.56 Å². The van der Waals surface area contributed by atoms with Gasteiger partial charge in [-0.2, -0.15) is 0 Å². The average molecular weight is 402 g/mol. The van der Waals surface area contributed by atoms with Crippen LogP contribution in [0.1, 0.15) is 31.9 Å². The molecule has 0 amide bonds. The van der Waals surface area contributed by atoms with Crippen molar-refractivity contribution in [2.75, 3.05) is 26.2 Å². The maximum Gasteiger partial charge on any atom is 0.137 e. The molecule has 1 N–H and O–H groups in total. The standard InChI is InChI=1S/C15H22BrFN2.2ClH/c1-3-11(2)15(19-8-6-18-7-9-19)12-4-5-14(17)13(16)10-12;;/h4-5,10-11,15,18H,3,6-9H2,1-2H3;2*1H/t11?,15-;;/m0../s1. The molecule has 122 valence electrons. The van der Waals surface area contributed by atoms with Crippen molar-refractivity contribution < 1.29 is 4.39 Å². The zero-order valence-electron chi connectivity index (χ0n) is 12.4. The van der Waals surface area contributed by atoms with Gasteiger partial charge < -0.3 is 5.32 Å². The van der Waals surface area contributed by atoms with Gasteiger partial charge in [0.25, 0.3) is 0 Å². The van der Waals surface area contributed by atoms with Crippen molar-refractivity contribution in [3.63, 3.8) is 0 Å². The number of rotatable bonds is 4. The first kappa shape index (κ1) is 21.1. The summed E-state index contributed by atoms with van der Waals surface area (Å²) in [5.74, 6) is 0.377. The van der Waals surface area contributed by atoms with Gasteiger partial charge in [0.15, 0.2) is 0 Å². The Morgan fingerprint density at radius 3 is 2.43 bits per heavy atom. The lowest BCUT2D eigenvalue weighted by Crippen LogP contribution is -2.46. The molecule has 1 aliphatic rings. The number of halogens is 4. The molecule has 0 radical (unpaired) electrons. The van der Waals surface area contributed by atoms with E-state index in [0.717, 1.165) is 32.6 Å². The molecular weight excluding hydrogens is 378 g/mol. The van der Waals surface area contributed by atoms with Gasteiger partial charge in [0.1, 0.15) is 5.82 Å². The summed E-state index contributed by atoms with van der Waals surface area (Å²) < 4.78 is 14.0. The Morgan fingerprint density at radius 1 is 1.29 bits per heavy atom. The lowest BCUT2D eigenvalue weighted by Gasteiger charge is -2.38. The third kappa shape index (κ3) is 5.36. The molecule has 1 aromatic carbocycles. The highest BCUT2D eigenvalue weighted by Crippen LogP contribution is 2.33. The highest BCUT2D eigenvalue weighted by molar-refractivity contribution is 9.10. The minimum absolute atomic E-state index is 0. The molecule has 21 heavy (non-hydrogen) atoms. The van der Waals surface area contributed by atoms with Crippen LogP contribution < -0.4 is 5.32 Å². The molecule has 6 heteroatoms. The minimum atomic E-state index is -0.188. The molecule has 1 saturated heterocycles. The first-order valence-corrected chi connectivity index (χ1v) is 7.82. The Labute approximate surface area is 147 Å². The molecule has 1 fully saturated rings. The van der Waals surface area contributed by atoms with Gasteiger partial charge in [-0.25, -0.2) is 4.39 Å². The number of piperazine rings is 1. The van der Waals surface area contributed by atoms with Crippen LogP contribution in [0, 0.1) is 11.7 Å². The lowest BCUT2D eigenvalue weighted by molar-refractivity contribution is 0.128. The molecule has 0 spiro atoms. The van der Waals surface area contributed by atoms with Crippen LogP contribution in [0.5, 0.6) is 0 Å². The topological polar surface area (TPSA) is 15.3 Å². The number of hydrogen-bond acceptors (Lipinski definition) is 2. The van der Waals surface area contributed by atoms with Gasteiger partial charge >= 0.3 is 0 Å². The second-order valence-electron chi connectivity index (χ2n) is 5.29. The molecule has 0 saturated carbocycles. The molecule has 0 aliphatic carbocycles. The van der Waals surface area contributed by atoms with E-state index in [4.69, 9.17) is 0 Å². The van der Waals surface area contributed by atoms with Gasteiger partial charge in [0.05, 0.1) is 4.47 Å². The van der Waals surface area contributed by atoms with Crippen LogP contribution in [0.2, 0.25) is 0 Å². The lowest BCUT2D eigenvalue weighted by atomic mass is 9.90. The highest BCUT2D eigenvalue weighted by atomic mass is 79.9. The third-order valence-electron chi connectivity index (χ3n) is 4.01. The molecule has 1 aliphatic heterocycles. The fourth-order valence-electron chi connectivity index (χ4n) is 2.78. The number of hydrogen-bond donors (Lipinski definition) is 1. The van der Waals surface area contributed by atoms with E-state index < -0.39 is 0 Å². The van der Waals surface area contributed by atoms with Crippen molar-refractivity contribution in [1.29, 1.82) is 0 Å². The second kappa shape index (κ2) is 10.0. The largest absolute Gasteiger partial charge is 0.314 e. The van der Waals surface area contributed by atoms with Crippen molar-refractivity contribution in [3.05, 3.63) is 34.1 Å². The van der Waals surface area contributed by atoms with Crippen LogP contribution in [0.25, 0.3) is 0 Å². The summed E-state index contributed by atoms with van der Waals surface area (Å²) in [4.78, 5) is 2.52. The zero-order chi connectivity index (χ0) is 13.8. The Hall–Kier alpha value is 0.130. The summed E-state index contributed by atoms with van der Waals surface area (Å²) in [6.07, 6.45) is 1.13. The molecule has 0 bridgehead atoms. The number of benzene rings is 1. The summed E-state index contributed by atoms with van der Waals surface area (Å²) in [5, 5.41) is 3.39. The molecule has 2 atom stereocenters. The normalized spacial score (nSPS) is 18.3. The predicted octanol–water partition coefficient (Wildman–Crippen LogP) is 4.42. The van der Waals surface area contributed by atoms with E-state index in [9.17, 15) is 4.39 Å². The quantitative estimate of drug-likeness (QED) is 0.802. The Bertz CT molecular complexity index is 428. The van der Waals surface area contributed by atoms with Gasteiger partial charge in [-0.15, -0.1) is 24.8 Å². The van der Waals surface area contributed by atoms with Gasteiger partial charge in [-0.1, -0.05) is 26.3 Å². The second-order valence-corrected chi connectivity index (χ2v) is 6.14. The smallest absolute Gasteiger partial charge is 0.137 e. The highest BCUT2D eigenvalue weighted by Gasteiger charge is 2.26. The predicted molar refractivity (Wildman–Crippen MR) is 95.2 cm³/mol. The molecule has 0 aromatic heterocycles. The van der Waals surface area contributed by atoms with Gasteiger partial charge in [-0.05, 0) is 39.5 Å². The summed E-state index contributed by atoms with van der Waals surface area (Å²) >= 11 is 3.30. The molecular formula is C15H24BrCl2FN2. The van der Waals surface area contributed by atoms with Crippen LogP contribution in [0.15, 0.2) is 22.7 Å². The summed E-state index contributed by atoms with van der Waals surface area (Å²) in [6, 6.07) is 5.81. The van der Waals surface area contributed by atoms with Gasteiger partial charge in [0.2, 0.25) is 0 Å². The molecule has 1 heterocycles. The molecule has 2 nitrogen and oxygen atoms in total. The third-order valence-corrected chi connectivity index (χ3v) is 4.62. The van der Waals surface area contributed by atoms with Crippen molar-refractivity contribution in [2.45, 2.75) is 26.3 Å². The molecule has 1 unspecified atom stereocenters. The van der Waals surface area contributed by atoms with Crippen molar-refractivity contribution in [1.82, 2.24) is 10.2 Å². The van der Waals surface area contributed by atoms with E-state index in [2.05, 4.69) is 40.0 Å². The minimum Gasteiger partial charge on any atom is -0.314 e. The van der Waals surface area contributed by atoms with E-state index in [0.29, 0.717) is 16.4 Å². The van der Waals surface area contributed by atoms with Crippen LogP contribution in [0.4, 0.5) is 4.39 Å². The Morgan fingerprint density at radius 2 is 1.90 bits per heavy atom. The van der Waals surface area contributed by atoms with E-state index >= 15 is 0 Å². The van der Waals surface area contributed by atoms with Gasteiger partial charge in [-0.3, -0.25) is 4.90 Å². The van der Waals surface area contributed by atoms with Crippen molar-refractivity contribution in [2.24, 2.45) is 5.92 Å². The maximum atomic E-state index is 13.4. The first-order valence-electron chi connectivity index (χ1n) is 7.03. The molecule has 1 aromatic rings. The van der Waals surface area contributed by atoms with Crippen LogP contribution in [0.3, 0.4) is 0 Å². The van der Waals surface area contributed by atoms with E-state index in [-0.39, 0.29) is 30.6 Å². The van der Waals surface area contributed by atoms with Crippen molar-refractivity contribution in [3.8, 4) is 0 Å². The zero-order valence-corrected chi connectivity index (χ0v) is 15.7. The monoisotopic (exact) mass is 400 g/mol. The maximum absolute atomic E-state index is 13.4. The summed E-state index contributed by atoms with van der Waals surface area (Å²) in [7, 11) is 0. The number of nitrogens with one attached hydrogen (secondary N) is 1. The van der Waals surface area contributed by atoms with Crippen LogP contribution in [-0.2, 0) is 0 Å². The number of nitrogens with zero attached hydrogens (tertiary/aromatic N) is 1. The van der Waals surface area contributed by atoms with Crippen LogP contribution in [-0.4, -0.2) is 31.1 Å². The summed E-state index contributed by atoms with van der Waals surface area (Å²) in [6.45, 7) is 8.70. The Kier molecular flexibility index (Phi) is 10.1. The fourth-order valence-corrected chi connectivity index (χ4v) is 3.18. The molecule has 2 rings (SSSR count). The Balaban J connectivity index is 0.00000200. The van der Waals surface area contributed by atoms with Crippen LogP contribution >= 0.6 is 40.7 Å². The first-order chi connectivity index (χ1) is 9.13. The average Bonchev–Trinajstić information content (AvgIpc) is 2.44. The van der Waals surface area contributed by atoms with E-state index in [1.54, 1.807) is 6.07 Å². The van der Waals surface area contributed by atoms with Crippen molar-refractivity contribution >= 4 is 40.7 Å². The van der Waals surface area contributed by atoms with E-state index in [1.807, 2.05) is 12.1 Å². The summed E-state index contributed by atoms with van der Waals surface area (Å²) in [5.41, 5.74) is 1.21. The SMILES string of the molecule is CCC(C)[C@@H](c1ccc(F)c(Br)c1)N1CCNCC1.Cl.Cl.